The highest BCUT2D eigenvalue weighted by molar-refractivity contribution is 5.95. The maximum Gasteiger partial charge on any atom is 0.253 e. The number of nitrogens with one attached hydrogen (secondary N) is 1. The minimum absolute atomic E-state index is 0.00316. The molecule has 0 unspecified atom stereocenters. The summed E-state index contributed by atoms with van der Waals surface area (Å²) in [6, 6.07) is 6.95. The number of nitrogens with zero attached hydrogens (tertiary/aromatic N) is 1. The highest BCUT2D eigenvalue weighted by Crippen LogP contribution is 2.33. The molecule has 9 heteroatoms. The second kappa shape index (κ2) is 10.0. The molecule has 2 heterocycles. The molecule has 0 bridgehead atoms. The van der Waals surface area contributed by atoms with Crippen molar-refractivity contribution in [3.05, 3.63) is 53.3 Å². The Morgan fingerprint density at radius 1 is 1.09 bits per heavy atom. The standard InChI is InChI=1S/C23H30N2O7/c1-11(2)25-23(31)15-7-14(8-24-9-15)13-4-5-16(12(3)6-13)18(27)22-21(30)20(29)19(28)17(10-26)32-22/h4-9,11,17-22,26-30H,10H2,1-3H3,(H,25,31)/t17-,18-,19-,20+,21+,22-/m1/s1. The van der Waals surface area contributed by atoms with Crippen LogP contribution in [0.1, 0.15) is 41.4 Å². The first-order chi connectivity index (χ1) is 15.1. The third-order valence-corrected chi connectivity index (χ3v) is 5.58. The minimum atomic E-state index is -1.56. The van der Waals surface area contributed by atoms with E-state index < -0.39 is 43.2 Å². The van der Waals surface area contributed by atoms with Gasteiger partial charge in [-0.1, -0.05) is 18.2 Å². The van der Waals surface area contributed by atoms with E-state index in [1.807, 2.05) is 19.9 Å². The summed E-state index contributed by atoms with van der Waals surface area (Å²) < 4.78 is 5.48. The molecule has 3 rings (SSSR count). The van der Waals surface area contributed by atoms with Gasteiger partial charge in [-0.2, -0.15) is 0 Å². The number of carbonyl (C=O) groups excluding carboxylic acids is 1. The third-order valence-electron chi connectivity index (χ3n) is 5.58. The number of rotatable bonds is 6. The first-order valence-electron chi connectivity index (χ1n) is 10.5. The molecule has 1 fully saturated rings. The van der Waals surface area contributed by atoms with Crippen LogP contribution in [-0.4, -0.2) is 79.6 Å². The number of benzene rings is 1. The van der Waals surface area contributed by atoms with Crippen LogP contribution in [0, 0.1) is 6.92 Å². The lowest BCUT2D eigenvalue weighted by molar-refractivity contribution is -0.250. The van der Waals surface area contributed by atoms with Gasteiger partial charge in [0, 0.05) is 24.0 Å². The van der Waals surface area contributed by atoms with Gasteiger partial charge < -0.3 is 35.6 Å². The van der Waals surface area contributed by atoms with Gasteiger partial charge in [-0.3, -0.25) is 9.78 Å². The number of carbonyl (C=O) groups is 1. The molecule has 1 aliphatic rings. The largest absolute Gasteiger partial charge is 0.394 e. The Balaban J connectivity index is 1.85. The molecular formula is C23H30N2O7. The molecule has 0 saturated carbocycles. The van der Waals surface area contributed by atoms with Gasteiger partial charge in [-0.15, -0.1) is 0 Å². The van der Waals surface area contributed by atoms with Gasteiger partial charge in [0.05, 0.1) is 12.2 Å². The fourth-order valence-electron chi connectivity index (χ4n) is 3.82. The average Bonchev–Trinajstić information content (AvgIpc) is 2.77. The van der Waals surface area contributed by atoms with Gasteiger partial charge in [-0.25, -0.2) is 0 Å². The van der Waals surface area contributed by atoms with Crippen LogP contribution in [0.2, 0.25) is 0 Å². The van der Waals surface area contributed by atoms with E-state index in [0.29, 0.717) is 16.7 Å². The number of aryl methyl sites for hydroxylation is 1. The van der Waals surface area contributed by atoms with Crippen molar-refractivity contribution in [1.29, 1.82) is 0 Å². The van der Waals surface area contributed by atoms with Crippen LogP contribution >= 0.6 is 0 Å². The molecule has 1 aromatic carbocycles. The van der Waals surface area contributed by atoms with Crippen molar-refractivity contribution in [2.75, 3.05) is 6.61 Å². The number of ether oxygens (including phenoxy) is 1. The first kappa shape index (κ1) is 24.2. The monoisotopic (exact) mass is 446 g/mol. The van der Waals surface area contributed by atoms with Gasteiger partial charge in [0.15, 0.2) is 0 Å². The predicted octanol–water partition coefficient (Wildman–Crippen LogP) is 0.0710. The zero-order valence-electron chi connectivity index (χ0n) is 18.2. The van der Waals surface area contributed by atoms with Gasteiger partial charge in [-0.05, 0) is 43.5 Å². The number of aliphatic hydroxyl groups is 5. The van der Waals surface area contributed by atoms with Crippen molar-refractivity contribution >= 4 is 5.91 Å². The van der Waals surface area contributed by atoms with Crippen LogP contribution in [0.5, 0.6) is 0 Å². The second-order valence-electron chi connectivity index (χ2n) is 8.40. The lowest BCUT2D eigenvalue weighted by Gasteiger charge is -2.42. The van der Waals surface area contributed by atoms with Gasteiger partial charge >= 0.3 is 0 Å². The Hall–Kier alpha value is -2.40. The summed E-state index contributed by atoms with van der Waals surface area (Å²) in [6.45, 7) is 4.95. The van der Waals surface area contributed by atoms with Crippen LogP contribution in [0.4, 0.5) is 0 Å². The Morgan fingerprint density at radius 2 is 1.81 bits per heavy atom. The number of hydrogen-bond donors (Lipinski definition) is 6. The molecule has 1 amide bonds. The molecule has 0 aliphatic carbocycles. The topological polar surface area (TPSA) is 152 Å². The first-order valence-corrected chi connectivity index (χ1v) is 10.5. The Labute approximate surface area is 186 Å². The number of hydrogen-bond acceptors (Lipinski definition) is 8. The van der Waals surface area contributed by atoms with Crippen LogP contribution in [0.15, 0.2) is 36.7 Å². The quantitative estimate of drug-likeness (QED) is 0.365. The number of aromatic nitrogens is 1. The summed E-state index contributed by atoms with van der Waals surface area (Å²) in [6.07, 6.45) is -5.11. The van der Waals surface area contributed by atoms with Crippen molar-refractivity contribution < 1.29 is 35.1 Å². The highest BCUT2D eigenvalue weighted by atomic mass is 16.6. The molecule has 1 aromatic heterocycles. The highest BCUT2D eigenvalue weighted by Gasteiger charge is 2.46. The van der Waals surface area contributed by atoms with Gasteiger partial charge in [0.25, 0.3) is 5.91 Å². The van der Waals surface area contributed by atoms with Crippen LogP contribution < -0.4 is 5.32 Å². The molecule has 174 valence electrons. The molecular weight excluding hydrogens is 416 g/mol. The average molecular weight is 447 g/mol. The van der Waals surface area contributed by atoms with E-state index in [9.17, 15) is 30.3 Å². The zero-order valence-corrected chi connectivity index (χ0v) is 18.2. The third kappa shape index (κ3) is 4.98. The molecule has 0 radical (unpaired) electrons. The van der Waals surface area contributed by atoms with Gasteiger partial charge in [0.1, 0.15) is 36.6 Å². The van der Waals surface area contributed by atoms with Crippen molar-refractivity contribution in [2.24, 2.45) is 0 Å². The normalized spacial score (nSPS) is 26.7. The number of amides is 1. The lowest BCUT2D eigenvalue weighted by Crippen LogP contribution is -2.59. The van der Waals surface area contributed by atoms with E-state index >= 15 is 0 Å². The van der Waals surface area contributed by atoms with Crippen LogP contribution in [0.25, 0.3) is 11.1 Å². The summed E-state index contributed by atoms with van der Waals surface area (Å²) in [5, 5.41) is 53.3. The zero-order chi connectivity index (χ0) is 23.6. The fraction of sp³-hybridized carbons (Fsp3) is 0.478. The summed E-state index contributed by atoms with van der Waals surface area (Å²) >= 11 is 0. The van der Waals surface area contributed by atoms with E-state index in [1.54, 1.807) is 31.3 Å². The SMILES string of the molecule is Cc1cc(-c2cncc(C(=O)NC(C)C)c2)ccc1[C@@H](O)[C@H]1O[C@H](CO)[C@@H](O)[C@H](O)[C@@H]1O. The van der Waals surface area contributed by atoms with Crippen molar-refractivity contribution in [1.82, 2.24) is 10.3 Å². The molecule has 0 spiro atoms. The van der Waals surface area contributed by atoms with Crippen LogP contribution in [-0.2, 0) is 4.74 Å². The van der Waals surface area contributed by atoms with E-state index in [2.05, 4.69) is 10.3 Å². The second-order valence-corrected chi connectivity index (χ2v) is 8.40. The molecule has 6 N–H and O–H groups in total. The van der Waals surface area contributed by atoms with E-state index in [-0.39, 0.29) is 11.9 Å². The van der Waals surface area contributed by atoms with E-state index in [0.717, 1.165) is 11.1 Å². The van der Waals surface area contributed by atoms with Crippen molar-refractivity contribution in [3.63, 3.8) is 0 Å². The predicted molar refractivity (Wildman–Crippen MR) is 116 cm³/mol. The summed E-state index contributed by atoms with van der Waals surface area (Å²) in [5.74, 6) is -0.222. The summed E-state index contributed by atoms with van der Waals surface area (Å²) in [4.78, 5) is 16.4. The fourth-order valence-corrected chi connectivity index (χ4v) is 3.82. The minimum Gasteiger partial charge on any atom is -0.394 e. The molecule has 32 heavy (non-hydrogen) atoms. The van der Waals surface area contributed by atoms with Gasteiger partial charge in [0.2, 0.25) is 0 Å². The molecule has 2 aromatic rings. The van der Waals surface area contributed by atoms with Crippen LogP contribution in [0.3, 0.4) is 0 Å². The van der Waals surface area contributed by atoms with E-state index in [4.69, 9.17) is 4.74 Å². The number of aliphatic hydroxyl groups excluding tert-OH is 5. The summed E-state index contributed by atoms with van der Waals surface area (Å²) in [7, 11) is 0. The number of pyridine rings is 1. The Bertz CT molecular complexity index is 950. The molecule has 6 atom stereocenters. The van der Waals surface area contributed by atoms with E-state index in [1.165, 1.54) is 6.20 Å². The lowest BCUT2D eigenvalue weighted by atomic mass is 9.88. The molecule has 1 saturated heterocycles. The molecule has 1 aliphatic heterocycles. The Morgan fingerprint density at radius 3 is 2.44 bits per heavy atom. The molecule has 9 nitrogen and oxygen atoms in total. The van der Waals surface area contributed by atoms with Crippen molar-refractivity contribution in [2.45, 2.75) is 63.4 Å². The van der Waals surface area contributed by atoms with Crippen molar-refractivity contribution in [3.8, 4) is 11.1 Å². The summed E-state index contributed by atoms with van der Waals surface area (Å²) in [5.41, 5.74) is 3.07. The maximum absolute atomic E-state index is 12.3. The smallest absolute Gasteiger partial charge is 0.253 e. The maximum atomic E-state index is 12.3. The Kier molecular flexibility index (Phi) is 7.60.